The van der Waals surface area contributed by atoms with Gasteiger partial charge in [0.15, 0.2) is 0 Å². The third-order valence-electron chi connectivity index (χ3n) is 4.83. The number of halogens is 6. The van der Waals surface area contributed by atoms with Gasteiger partial charge >= 0.3 is 12.4 Å². The van der Waals surface area contributed by atoms with E-state index in [1.807, 2.05) is 10.7 Å². The molecule has 1 aromatic heterocycles. The number of para-hydroxylation sites is 1. The largest absolute Gasteiger partial charge is 0.507 e. The molecule has 0 saturated carbocycles. The molecule has 0 radical (unpaired) electrons. The highest BCUT2D eigenvalue weighted by atomic mass is 19.4. The Morgan fingerprint density at radius 1 is 1.12 bits per heavy atom. The highest BCUT2D eigenvalue weighted by Crippen LogP contribution is 2.35. The van der Waals surface area contributed by atoms with E-state index in [9.17, 15) is 26.3 Å². The molecule has 2 aromatic rings. The maximum absolute atomic E-state index is 13.1. The predicted octanol–water partition coefficient (Wildman–Crippen LogP) is 7.49. The van der Waals surface area contributed by atoms with Gasteiger partial charge < -0.3 is 5.11 Å². The Balaban J connectivity index is 0.000000294. The first-order valence-electron chi connectivity index (χ1n) is 10.5. The zero-order valence-corrected chi connectivity index (χ0v) is 18.3. The molecule has 1 N–H and O–H groups in total. The van der Waals surface area contributed by atoms with Crippen molar-refractivity contribution in [2.45, 2.75) is 58.4 Å². The first-order chi connectivity index (χ1) is 15.5. The van der Waals surface area contributed by atoms with Crippen molar-refractivity contribution in [1.82, 2.24) is 9.78 Å². The van der Waals surface area contributed by atoms with Crippen LogP contribution in [0.1, 0.15) is 50.1 Å². The molecule has 1 aromatic carbocycles. The number of rotatable bonds is 4. The number of nitrogens with zero attached hydrogens (tertiary/aromatic N) is 2. The van der Waals surface area contributed by atoms with E-state index in [2.05, 4.69) is 5.10 Å². The minimum Gasteiger partial charge on any atom is -0.507 e. The fraction of sp³-hybridized carbons (Fsp3) is 0.375. The van der Waals surface area contributed by atoms with E-state index in [1.54, 1.807) is 26.0 Å². The average molecular weight is 472 g/mol. The molecular formula is C24H26F6N2O. The van der Waals surface area contributed by atoms with E-state index in [4.69, 9.17) is 5.11 Å². The lowest BCUT2D eigenvalue weighted by Gasteiger charge is -2.11. The third-order valence-corrected chi connectivity index (χ3v) is 4.83. The van der Waals surface area contributed by atoms with Crippen LogP contribution in [0.2, 0.25) is 0 Å². The summed E-state index contributed by atoms with van der Waals surface area (Å²) in [6.07, 6.45) is 0.470. The summed E-state index contributed by atoms with van der Waals surface area (Å²) in [5.74, 6) is -0.736. The van der Waals surface area contributed by atoms with Gasteiger partial charge in [0, 0.05) is 17.8 Å². The van der Waals surface area contributed by atoms with Crippen LogP contribution in [0.4, 0.5) is 26.3 Å². The van der Waals surface area contributed by atoms with E-state index >= 15 is 0 Å². The highest BCUT2D eigenvalue weighted by molar-refractivity contribution is 5.74. The number of aromatic hydroxyl groups is 1. The van der Waals surface area contributed by atoms with Gasteiger partial charge in [0.1, 0.15) is 5.75 Å². The molecule has 0 bridgehead atoms. The van der Waals surface area contributed by atoms with Gasteiger partial charge in [-0.1, -0.05) is 37.3 Å². The van der Waals surface area contributed by atoms with Crippen molar-refractivity contribution in [2.75, 3.05) is 0 Å². The fourth-order valence-corrected chi connectivity index (χ4v) is 3.30. The normalized spacial score (nSPS) is 15.3. The lowest BCUT2D eigenvalue weighted by atomic mass is 10.0. The Hall–Kier alpha value is -2.97. The number of hydrogen-bond acceptors (Lipinski definition) is 2. The molecule has 0 amide bonds. The van der Waals surface area contributed by atoms with Crippen LogP contribution >= 0.6 is 0 Å². The zero-order valence-electron chi connectivity index (χ0n) is 18.3. The standard InChI is InChI=1S/C17H21F3N2.C7H5F3O/c1-3-7-13(11-14(8-4-2)17(18,19)20)16-12-15-9-5-6-10-22(15)21-16;8-7(9,10)5-3-1-2-4-6(5)11/h3,7-8,11-12H,4-6,9-10H2,1-2H3;1-4,11H/b7-3-,13-11+,14-8-;. The van der Waals surface area contributed by atoms with Crippen LogP contribution < -0.4 is 0 Å². The van der Waals surface area contributed by atoms with E-state index in [1.165, 1.54) is 24.3 Å². The van der Waals surface area contributed by atoms with Gasteiger partial charge in [-0.3, -0.25) is 4.68 Å². The molecule has 3 nitrogen and oxygen atoms in total. The van der Waals surface area contributed by atoms with Crippen LogP contribution in [0.15, 0.2) is 60.2 Å². The van der Waals surface area contributed by atoms with Crippen LogP contribution in [-0.2, 0) is 19.1 Å². The van der Waals surface area contributed by atoms with Crippen LogP contribution in [0.5, 0.6) is 5.75 Å². The summed E-state index contributed by atoms with van der Waals surface area (Å²) in [4.78, 5) is 0. The summed E-state index contributed by atoms with van der Waals surface area (Å²) < 4.78 is 76.8. The van der Waals surface area contributed by atoms with Gasteiger partial charge in [0.25, 0.3) is 0 Å². The van der Waals surface area contributed by atoms with E-state index < -0.39 is 29.2 Å². The Bertz CT molecular complexity index is 989. The number of aromatic nitrogens is 2. The fourth-order valence-electron chi connectivity index (χ4n) is 3.30. The van der Waals surface area contributed by atoms with Gasteiger partial charge in [0.05, 0.1) is 16.8 Å². The number of aryl methyl sites for hydroxylation is 2. The molecule has 0 unspecified atom stereocenters. The maximum atomic E-state index is 13.1. The van der Waals surface area contributed by atoms with Gasteiger partial charge in [-0.25, -0.2) is 0 Å². The number of phenols is 1. The molecule has 0 aliphatic carbocycles. The van der Waals surface area contributed by atoms with Crippen molar-refractivity contribution in [1.29, 1.82) is 0 Å². The van der Waals surface area contributed by atoms with E-state index in [-0.39, 0.29) is 0 Å². The van der Waals surface area contributed by atoms with E-state index in [0.29, 0.717) is 17.7 Å². The molecule has 0 fully saturated rings. The van der Waals surface area contributed by atoms with Crippen LogP contribution in [0.3, 0.4) is 0 Å². The molecular weight excluding hydrogens is 446 g/mol. The molecule has 1 aliphatic rings. The highest BCUT2D eigenvalue weighted by Gasteiger charge is 2.33. The molecule has 33 heavy (non-hydrogen) atoms. The van der Waals surface area contributed by atoms with Crippen molar-refractivity contribution < 1.29 is 31.4 Å². The number of hydrogen-bond donors (Lipinski definition) is 1. The molecule has 1 aliphatic heterocycles. The number of phenolic OH excluding ortho intramolecular Hbond substituents is 1. The summed E-state index contributed by atoms with van der Waals surface area (Å²) in [5, 5.41) is 13.2. The molecule has 2 heterocycles. The summed E-state index contributed by atoms with van der Waals surface area (Å²) in [6, 6.07) is 6.30. The molecule has 9 heteroatoms. The van der Waals surface area contributed by atoms with Crippen molar-refractivity contribution >= 4 is 5.57 Å². The monoisotopic (exact) mass is 472 g/mol. The van der Waals surface area contributed by atoms with Gasteiger partial charge in [0.2, 0.25) is 0 Å². The van der Waals surface area contributed by atoms with Crippen molar-refractivity contribution in [3.8, 4) is 5.75 Å². The average Bonchev–Trinajstić information content (AvgIpc) is 3.16. The Labute approximate surface area is 188 Å². The summed E-state index contributed by atoms with van der Waals surface area (Å²) >= 11 is 0. The molecule has 3 rings (SSSR count). The number of allylic oxidation sites excluding steroid dienone is 6. The predicted molar refractivity (Wildman–Crippen MR) is 115 cm³/mol. The number of benzene rings is 1. The molecule has 0 atom stereocenters. The van der Waals surface area contributed by atoms with E-state index in [0.717, 1.165) is 43.6 Å². The summed E-state index contributed by atoms with van der Waals surface area (Å²) in [5.41, 5.74) is 0.599. The van der Waals surface area contributed by atoms with Crippen LogP contribution in [0, 0.1) is 0 Å². The second-order valence-corrected chi connectivity index (χ2v) is 7.38. The van der Waals surface area contributed by atoms with Crippen molar-refractivity contribution in [3.05, 3.63) is 77.2 Å². The Kier molecular flexibility index (Phi) is 8.96. The minimum absolute atomic E-state index is 0.341. The minimum atomic E-state index is -4.47. The van der Waals surface area contributed by atoms with Gasteiger partial charge in [-0.05, 0) is 56.9 Å². The first kappa shape index (κ1) is 26.3. The zero-order chi connectivity index (χ0) is 24.6. The number of fused-ring (bicyclic) bond motifs is 1. The Morgan fingerprint density at radius 2 is 1.82 bits per heavy atom. The first-order valence-corrected chi connectivity index (χ1v) is 10.5. The van der Waals surface area contributed by atoms with Gasteiger partial charge in [-0.15, -0.1) is 0 Å². The number of alkyl halides is 6. The van der Waals surface area contributed by atoms with Gasteiger partial charge in [-0.2, -0.15) is 31.4 Å². The summed E-state index contributed by atoms with van der Waals surface area (Å²) in [7, 11) is 0. The topological polar surface area (TPSA) is 38.0 Å². The molecule has 0 saturated heterocycles. The lowest BCUT2D eigenvalue weighted by Crippen LogP contribution is -2.11. The molecule has 180 valence electrons. The van der Waals surface area contributed by atoms with Crippen LogP contribution in [-0.4, -0.2) is 21.1 Å². The second-order valence-electron chi connectivity index (χ2n) is 7.38. The maximum Gasteiger partial charge on any atom is 0.419 e. The second kappa shape index (κ2) is 11.2. The lowest BCUT2D eigenvalue weighted by molar-refractivity contribution is -0.138. The van der Waals surface area contributed by atoms with Crippen molar-refractivity contribution in [2.24, 2.45) is 0 Å². The smallest absolute Gasteiger partial charge is 0.419 e. The van der Waals surface area contributed by atoms with Crippen LogP contribution in [0.25, 0.3) is 5.57 Å². The summed E-state index contributed by atoms with van der Waals surface area (Å²) in [6.45, 7) is 4.33. The Morgan fingerprint density at radius 3 is 2.33 bits per heavy atom. The third kappa shape index (κ3) is 7.54. The molecule has 0 spiro atoms. The van der Waals surface area contributed by atoms with Crippen molar-refractivity contribution in [3.63, 3.8) is 0 Å². The SMILES string of the molecule is C\C=C/C(=C\C(=C\CC)C(F)(F)F)c1cc2n(n1)CCCC2.Oc1ccccc1C(F)(F)F. The quantitative estimate of drug-likeness (QED) is 0.370.